The van der Waals surface area contributed by atoms with Gasteiger partial charge in [0.25, 0.3) is 6.43 Å². The lowest BCUT2D eigenvalue weighted by atomic mass is 10.2. The Morgan fingerprint density at radius 2 is 2.31 bits per heavy atom. The quantitative estimate of drug-likeness (QED) is 0.482. The molecule has 0 radical (unpaired) electrons. The van der Waals surface area contributed by atoms with E-state index in [0.29, 0.717) is 0 Å². The maximum absolute atomic E-state index is 12.5. The number of nitriles is 1. The van der Waals surface area contributed by atoms with Crippen LogP contribution in [0.3, 0.4) is 0 Å². The van der Waals surface area contributed by atoms with Crippen molar-refractivity contribution in [2.24, 2.45) is 0 Å². The van der Waals surface area contributed by atoms with Crippen LogP contribution in [-0.4, -0.2) is 9.91 Å². The summed E-state index contributed by atoms with van der Waals surface area (Å²) in [5, 5.41) is 19.0. The number of pyridine rings is 1. The highest BCUT2D eigenvalue weighted by molar-refractivity contribution is 14.1. The number of rotatable bonds is 3. The largest absolute Gasteiger partial charge is 0.309 e. The van der Waals surface area contributed by atoms with Crippen LogP contribution in [0.1, 0.15) is 17.8 Å². The van der Waals surface area contributed by atoms with Crippen LogP contribution in [0.5, 0.6) is 0 Å². The first-order valence-electron chi connectivity index (χ1n) is 3.96. The minimum Gasteiger partial charge on any atom is -0.258 e. The van der Waals surface area contributed by atoms with E-state index in [4.69, 9.17) is 5.26 Å². The van der Waals surface area contributed by atoms with Gasteiger partial charge in [-0.2, -0.15) is 5.26 Å². The molecule has 84 valence electrons. The molecule has 0 aromatic carbocycles. The summed E-state index contributed by atoms with van der Waals surface area (Å²) >= 11 is 1.58. The van der Waals surface area contributed by atoms with E-state index in [-0.39, 0.29) is 15.7 Å². The normalized spacial score (nSPS) is 10.2. The first-order valence-corrected chi connectivity index (χ1v) is 5.04. The first kappa shape index (κ1) is 12.7. The molecule has 0 saturated carbocycles. The lowest BCUT2D eigenvalue weighted by Gasteiger charge is -2.04. The third-order valence-corrected chi connectivity index (χ3v) is 2.50. The van der Waals surface area contributed by atoms with E-state index >= 15 is 0 Å². The molecule has 0 saturated heterocycles. The molecule has 0 fully saturated rings. The van der Waals surface area contributed by atoms with E-state index in [0.717, 1.165) is 0 Å². The Balaban J connectivity index is 3.40. The smallest absolute Gasteiger partial charge is 0.258 e. The molecule has 0 atom stereocenters. The van der Waals surface area contributed by atoms with Gasteiger partial charge in [-0.3, -0.25) is 10.1 Å². The average Bonchev–Trinajstić information content (AvgIpc) is 2.16. The number of halogens is 3. The van der Waals surface area contributed by atoms with Gasteiger partial charge in [-0.1, -0.05) is 0 Å². The summed E-state index contributed by atoms with van der Waals surface area (Å²) in [6, 6.07) is 3.00. The molecule has 5 nitrogen and oxygen atoms in total. The number of aromatic nitrogens is 1. The summed E-state index contributed by atoms with van der Waals surface area (Å²) in [6.07, 6.45) is -3.19. The standard InChI is InChI=1S/C8H4F2IN3O2/c9-8(10)6-7(14(15)16)5(11)3-4(13-6)1-2-12/h3,8H,1H2. The lowest BCUT2D eigenvalue weighted by molar-refractivity contribution is -0.387. The van der Waals surface area contributed by atoms with Crippen LogP contribution >= 0.6 is 22.6 Å². The predicted octanol–water partition coefficient (Wildman–Crippen LogP) is 2.60. The van der Waals surface area contributed by atoms with Gasteiger partial charge in [0, 0.05) is 0 Å². The molecule has 0 bridgehead atoms. The van der Waals surface area contributed by atoms with Crippen LogP contribution < -0.4 is 0 Å². The topological polar surface area (TPSA) is 79.8 Å². The predicted molar refractivity (Wildman–Crippen MR) is 57.9 cm³/mol. The van der Waals surface area contributed by atoms with E-state index in [1.165, 1.54) is 6.07 Å². The van der Waals surface area contributed by atoms with Gasteiger partial charge in [0.05, 0.1) is 26.7 Å². The average molecular weight is 339 g/mol. The number of nitrogens with zero attached hydrogens (tertiary/aromatic N) is 3. The molecular weight excluding hydrogens is 335 g/mol. The number of nitro groups is 1. The first-order chi connectivity index (χ1) is 7.47. The summed E-state index contributed by atoms with van der Waals surface area (Å²) in [6.45, 7) is 0. The molecule has 0 spiro atoms. The van der Waals surface area contributed by atoms with E-state index in [9.17, 15) is 18.9 Å². The number of hydrogen-bond acceptors (Lipinski definition) is 4. The second-order valence-corrected chi connectivity index (χ2v) is 3.88. The highest BCUT2D eigenvalue weighted by Gasteiger charge is 2.27. The fourth-order valence-corrected chi connectivity index (χ4v) is 1.91. The van der Waals surface area contributed by atoms with Crippen molar-refractivity contribution in [1.29, 1.82) is 5.26 Å². The third-order valence-electron chi connectivity index (χ3n) is 1.68. The molecule has 1 aromatic heterocycles. The van der Waals surface area contributed by atoms with E-state index in [2.05, 4.69) is 4.98 Å². The second-order valence-electron chi connectivity index (χ2n) is 2.72. The molecule has 16 heavy (non-hydrogen) atoms. The van der Waals surface area contributed by atoms with Gasteiger partial charge in [0.2, 0.25) is 0 Å². The fraction of sp³-hybridized carbons (Fsp3) is 0.250. The van der Waals surface area contributed by atoms with Gasteiger partial charge < -0.3 is 0 Å². The van der Waals surface area contributed by atoms with Gasteiger partial charge in [-0.25, -0.2) is 13.8 Å². The van der Waals surface area contributed by atoms with E-state index in [1.807, 2.05) is 0 Å². The summed E-state index contributed by atoms with van der Waals surface area (Å²) < 4.78 is 25.1. The number of alkyl halides is 2. The molecular formula is C8H4F2IN3O2. The molecule has 0 unspecified atom stereocenters. The van der Waals surface area contributed by atoms with Crippen LogP contribution in [-0.2, 0) is 6.42 Å². The van der Waals surface area contributed by atoms with Gasteiger partial charge in [-0.05, 0) is 28.7 Å². The Bertz CT molecular complexity index is 473. The SMILES string of the molecule is N#CCc1cc(I)c([N+](=O)[O-])c(C(F)F)n1. The Morgan fingerprint density at radius 1 is 1.69 bits per heavy atom. The van der Waals surface area contributed by atoms with E-state index < -0.39 is 22.7 Å². The molecule has 0 aliphatic heterocycles. The van der Waals surface area contributed by atoms with Crippen LogP contribution in [0.2, 0.25) is 0 Å². The highest BCUT2D eigenvalue weighted by Crippen LogP contribution is 2.31. The summed E-state index contributed by atoms with van der Waals surface area (Å²) in [4.78, 5) is 13.1. The van der Waals surface area contributed by atoms with Crippen molar-refractivity contribution in [3.63, 3.8) is 0 Å². The fourth-order valence-electron chi connectivity index (χ4n) is 1.08. The molecule has 1 heterocycles. The maximum Gasteiger partial charge on any atom is 0.309 e. The zero-order chi connectivity index (χ0) is 12.3. The van der Waals surface area contributed by atoms with Crippen molar-refractivity contribution >= 4 is 28.3 Å². The summed E-state index contributed by atoms with van der Waals surface area (Å²) in [7, 11) is 0. The summed E-state index contributed by atoms with van der Waals surface area (Å²) in [5.74, 6) is 0. The Kier molecular flexibility index (Phi) is 4.05. The minimum atomic E-state index is -3.03. The highest BCUT2D eigenvalue weighted by atomic mass is 127. The van der Waals surface area contributed by atoms with Crippen molar-refractivity contribution in [3.8, 4) is 6.07 Å². The Hall–Kier alpha value is -1.37. The van der Waals surface area contributed by atoms with Crippen LogP contribution in [0.4, 0.5) is 14.5 Å². The monoisotopic (exact) mass is 339 g/mol. The molecule has 8 heteroatoms. The molecule has 1 aromatic rings. The van der Waals surface area contributed by atoms with Crippen LogP contribution in [0, 0.1) is 25.0 Å². The van der Waals surface area contributed by atoms with Gasteiger partial charge in [-0.15, -0.1) is 0 Å². The molecule has 0 N–H and O–H groups in total. The Labute approximate surface area is 102 Å². The van der Waals surface area contributed by atoms with E-state index in [1.54, 1.807) is 28.7 Å². The Morgan fingerprint density at radius 3 is 2.75 bits per heavy atom. The van der Waals surface area contributed by atoms with Crippen molar-refractivity contribution in [2.45, 2.75) is 12.8 Å². The maximum atomic E-state index is 12.5. The zero-order valence-electron chi connectivity index (χ0n) is 7.65. The summed E-state index contributed by atoms with van der Waals surface area (Å²) in [5.41, 5.74) is -1.48. The van der Waals surface area contributed by atoms with Gasteiger partial charge >= 0.3 is 5.69 Å². The molecule has 0 aliphatic carbocycles. The zero-order valence-corrected chi connectivity index (χ0v) is 9.81. The van der Waals surface area contributed by atoms with Crippen molar-refractivity contribution in [1.82, 2.24) is 4.98 Å². The van der Waals surface area contributed by atoms with Gasteiger partial charge in [0.15, 0.2) is 5.69 Å². The van der Waals surface area contributed by atoms with Gasteiger partial charge in [0.1, 0.15) is 0 Å². The van der Waals surface area contributed by atoms with Crippen molar-refractivity contribution in [2.75, 3.05) is 0 Å². The van der Waals surface area contributed by atoms with Crippen LogP contribution in [0.15, 0.2) is 6.07 Å². The molecule has 0 amide bonds. The minimum absolute atomic E-state index is 0.0538. The van der Waals surface area contributed by atoms with Crippen molar-refractivity contribution < 1.29 is 13.7 Å². The molecule has 1 rings (SSSR count). The molecule has 0 aliphatic rings. The second kappa shape index (κ2) is 5.11. The number of hydrogen-bond donors (Lipinski definition) is 0. The lowest BCUT2D eigenvalue weighted by Crippen LogP contribution is -2.04. The van der Waals surface area contributed by atoms with Crippen LogP contribution in [0.25, 0.3) is 0 Å². The van der Waals surface area contributed by atoms with Crippen molar-refractivity contribution in [3.05, 3.63) is 31.1 Å². The third kappa shape index (κ3) is 2.60.